The van der Waals surface area contributed by atoms with Gasteiger partial charge < -0.3 is 29.4 Å². The maximum absolute atomic E-state index is 12.4. The molecule has 0 aliphatic heterocycles. The fraction of sp³-hybridized carbons (Fsp3) is 0.615. The number of rotatable bonds is 13. The van der Waals surface area contributed by atoms with E-state index in [1.54, 1.807) is 40.7 Å². The number of benzene rings is 1. The van der Waals surface area contributed by atoms with Crippen molar-refractivity contribution in [3.63, 3.8) is 0 Å². The predicted octanol–water partition coefficient (Wildman–Crippen LogP) is 3.81. The van der Waals surface area contributed by atoms with Crippen LogP contribution in [0.4, 0.5) is 4.79 Å². The second-order valence-corrected chi connectivity index (χ2v) is 9.58. The van der Waals surface area contributed by atoms with Crippen LogP contribution in [0.25, 0.3) is 0 Å². The van der Waals surface area contributed by atoms with Crippen molar-refractivity contribution in [2.75, 3.05) is 13.2 Å². The highest BCUT2D eigenvalue weighted by Crippen LogP contribution is 2.30. The fourth-order valence-electron chi connectivity index (χ4n) is 2.55. The van der Waals surface area contributed by atoms with E-state index in [-0.39, 0.29) is 37.1 Å². The number of carbonyl (C=O) groups excluding carboxylic acids is 4. The number of esters is 3. The second kappa shape index (κ2) is 15.1. The van der Waals surface area contributed by atoms with Gasteiger partial charge in [0.25, 0.3) is 0 Å². The summed E-state index contributed by atoms with van der Waals surface area (Å²) in [6, 6.07) is 3.56. The van der Waals surface area contributed by atoms with Gasteiger partial charge >= 0.3 is 24.1 Å². The molecule has 36 heavy (non-hydrogen) atoms. The lowest BCUT2D eigenvalue weighted by atomic mass is 10.1. The lowest BCUT2D eigenvalue weighted by Crippen LogP contribution is -2.36. The smallest absolute Gasteiger partial charge is 0.461 e. The summed E-state index contributed by atoms with van der Waals surface area (Å²) in [6.45, 7) is 12.4. The van der Waals surface area contributed by atoms with E-state index in [1.165, 1.54) is 12.1 Å². The van der Waals surface area contributed by atoms with Crippen LogP contribution < -0.4 is 15.2 Å². The molecular weight excluding hydrogens is 470 g/mol. The molecule has 0 amide bonds. The lowest BCUT2D eigenvalue weighted by molar-refractivity contribution is -0.148. The third-order valence-corrected chi connectivity index (χ3v) is 4.80. The van der Waals surface area contributed by atoms with E-state index in [2.05, 4.69) is 0 Å². The van der Waals surface area contributed by atoms with Crippen molar-refractivity contribution < 1.29 is 42.9 Å². The SMILES string of the molecule is CC(C)CCOC(=O)O[C@@H](C)COC(=O)[C@@H](N)Cc1ccc(OC(=O)C(C)C)c(OC(=O)C(C)C)c1. The molecule has 2 atom stereocenters. The minimum Gasteiger partial charge on any atom is -0.461 e. The molecule has 1 aromatic rings. The summed E-state index contributed by atoms with van der Waals surface area (Å²) >= 11 is 0. The van der Waals surface area contributed by atoms with Crippen LogP contribution in [0.1, 0.15) is 60.5 Å². The predicted molar refractivity (Wildman–Crippen MR) is 131 cm³/mol. The van der Waals surface area contributed by atoms with Gasteiger partial charge in [-0.1, -0.05) is 47.6 Å². The molecule has 0 aliphatic carbocycles. The first-order valence-electron chi connectivity index (χ1n) is 12.1. The Morgan fingerprint density at radius 1 is 0.806 bits per heavy atom. The monoisotopic (exact) mass is 509 g/mol. The fourth-order valence-corrected chi connectivity index (χ4v) is 2.55. The third kappa shape index (κ3) is 11.5. The van der Waals surface area contributed by atoms with Crippen molar-refractivity contribution in [3.8, 4) is 11.5 Å². The van der Waals surface area contributed by atoms with Crippen molar-refractivity contribution in [1.82, 2.24) is 0 Å². The molecule has 0 saturated heterocycles. The first-order chi connectivity index (χ1) is 16.8. The van der Waals surface area contributed by atoms with Crippen molar-refractivity contribution in [3.05, 3.63) is 23.8 Å². The van der Waals surface area contributed by atoms with E-state index in [0.29, 0.717) is 17.9 Å². The minimum atomic E-state index is -1.03. The number of hydrogen-bond acceptors (Lipinski definition) is 10. The highest BCUT2D eigenvalue weighted by atomic mass is 16.7. The van der Waals surface area contributed by atoms with Gasteiger partial charge in [-0.15, -0.1) is 0 Å². The zero-order chi connectivity index (χ0) is 27.4. The molecule has 202 valence electrons. The van der Waals surface area contributed by atoms with E-state index < -0.39 is 42.1 Å². The Morgan fingerprint density at radius 2 is 1.39 bits per heavy atom. The van der Waals surface area contributed by atoms with Crippen LogP contribution in [-0.2, 0) is 35.0 Å². The van der Waals surface area contributed by atoms with Gasteiger partial charge in [0.1, 0.15) is 18.8 Å². The van der Waals surface area contributed by atoms with Gasteiger partial charge in [0, 0.05) is 0 Å². The van der Waals surface area contributed by atoms with Gasteiger partial charge in [-0.3, -0.25) is 14.4 Å². The summed E-state index contributed by atoms with van der Waals surface area (Å²) in [4.78, 5) is 48.2. The van der Waals surface area contributed by atoms with Crippen LogP contribution in [0.5, 0.6) is 11.5 Å². The second-order valence-electron chi connectivity index (χ2n) is 9.58. The highest BCUT2D eigenvalue weighted by Gasteiger charge is 2.22. The minimum absolute atomic E-state index is 0.0544. The van der Waals surface area contributed by atoms with Crippen LogP contribution in [0.2, 0.25) is 0 Å². The summed E-state index contributed by atoms with van der Waals surface area (Å²) in [5.74, 6) is -1.94. The Kier molecular flexibility index (Phi) is 12.9. The van der Waals surface area contributed by atoms with Crippen LogP contribution >= 0.6 is 0 Å². The number of carbonyl (C=O) groups is 4. The van der Waals surface area contributed by atoms with Gasteiger partial charge in [-0.2, -0.15) is 0 Å². The largest absolute Gasteiger partial charge is 0.508 e. The Balaban J connectivity index is 2.73. The van der Waals surface area contributed by atoms with Crippen LogP contribution in [0, 0.1) is 17.8 Å². The number of ether oxygens (including phenoxy) is 5. The molecule has 0 saturated carbocycles. The molecule has 1 aromatic carbocycles. The molecule has 0 radical (unpaired) electrons. The molecule has 0 bridgehead atoms. The highest BCUT2D eigenvalue weighted by molar-refractivity contribution is 5.78. The average Bonchev–Trinajstić information content (AvgIpc) is 2.78. The topological polar surface area (TPSA) is 140 Å². The van der Waals surface area contributed by atoms with Crippen LogP contribution in [-0.4, -0.2) is 49.4 Å². The Morgan fingerprint density at radius 3 is 1.94 bits per heavy atom. The van der Waals surface area contributed by atoms with Crippen LogP contribution in [0.15, 0.2) is 18.2 Å². The Hall–Kier alpha value is -3.14. The summed E-state index contributed by atoms with van der Waals surface area (Å²) in [5, 5.41) is 0. The molecule has 0 spiro atoms. The standard InChI is InChI=1S/C26H39NO9/c1-15(2)10-11-32-26(31)34-18(7)14-33-25(30)20(27)12-19-8-9-21(35-23(28)16(3)4)22(13-19)36-24(29)17(5)6/h8-9,13,15-18,20H,10-12,14,27H2,1-7H3/t18-,20-/m0/s1. The van der Waals surface area contributed by atoms with E-state index >= 15 is 0 Å². The quantitative estimate of drug-likeness (QED) is 0.308. The molecule has 0 heterocycles. The average molecular weight is 510 g/mol. The lowest BCUT2D eigenvalue weighted by Gasteiger charge is -2.17. The zero-order valence-corrected chi connectivity index (χ0v) is 22.2. The molecule has 0 fully saturated rings. The first kappa shape index (κ1) is 30.9. The van der Waals surface area contributed by atoms with Crippen LogP contribution in [0.3, 0.4) is 0 Å². The summed E-state index contributed by atoms with van der Waals surface area (Å²) in [5.41, 5.74) is 6.55. The Labute approximate surface area is 212 Å². The molecule has 10 nitrogen and oxygen atoms in total. The number of hydrogen-bond donors (Lipinski definition) is 1. The van der Waals surface area contributed by atoms with E-state index in [0.717, 1.165) is 0 Å². The normalized spacial score (nSPS) is 12.8. The molecular formula is C26H39NO9. The molecule has 2 N–H and O–H groups in total. The van der Waals surface area contributed by atoms with Gasteiger partial charge in [0.15, 0.2) is 11.5 Å². The molecule has 1 rings (SSSR count). The molecule has 10 heteroatoms. The van der Waals surface area contributed by atoms with E-state index in [1.807, 2.05) is 13.8 Å². The Bertz CT molecular complexity index is 895. The van der Waals surface area contributed by atoms with Gasteiger partial charge in [-0.05, 0) is 43.4 Å². The molecule has 0 aromatic heterocycles. The van der Waals surface area contributed by atoms with Gasteiger partial charge in [0.2, 0.25) is 0 Å². The van der Waals surface area contributed by atoms with Crippen molar-refractivity contribution in [1.29, 1.82) is 0 Å². The van der Waals surface area contributed by atoms with Gasteiger partial charge in [-0.25, -0.2) is 4.79 Å². The number of nitrogens with two attached hydrogens (primary N) is 1. The van der Waals surface area contributed by atoms with Crippen molar-refractivity contribution >= 4 is 24.1 Å². The zero-order valence-electron chi connectivity index (χ0n) is 22.2. The van der Waals surface area contributed by atoms with Gasteiger partial charge in [0.05, 0.1) is 18.4 Å². The first-order valence-corrected chi connectivity index (χ1v) is 12.1. The maximum Gasteiger partial charge on any atom is 0.508 e. The van der Waals surface area contributed by atoms with Crippen molar-refractivity contribution in [2.45, 2.75) is 73.5 Å². The molecule has 0 aliphatic rings. The van der Waals surface area contributed by atoms with E-state index in [9.17, 15) is 19.2 Å². The maximum atomic E-state index is 12.4. The summed E-state index contributed by atoms with van der Waals surface area (Å²) in [6.07, 6.45) is -0.766. The third-order valence-electron chi connectivity index (χ3n) is 4.80. The summed E-state index contributed by atoms with van der Waals surface area (Å²) in [7, 11) is 0. The van der Waals surface area contributed by atoms with E-state index in [4.69, 9.17) is 29.4 Å². The molecule has 0 unspecified atom stereocenters. The summed E-state index contributed by atoms with van der Waals surface area (Å²) < 4.78 is 25.9. The van der Waals surface area contributed by atoms with Crippen molar-refractivity contribution in [2.24, 2.45) is 23.5 Å².